The molecule has 0 atom stereocenters. The second-order valence-corrected chi connectivity index (χ2v) is 7.15. The minimum atomic E-state index is -4.83. The van der Waals surface area contributed by atoms with Gasteiger partial charge in [-0.2, -0.15) is 0 Å². The van der Waals surface area contributed by atoms with Crippen molar-refractivity contribution >= 4 is 11.7 Å². The molecule has 1 heterocycles. The van der Waals surface area contributed by atoms with Gasteiger partial charge in [-0.15, -0.1) is 13.2 Å². The van der Waals surface area contributed by atoms with Crippen molar-refractivity contribution < 1.29 is 32.2 Å². The van der Waals surface area contributed by atoms with Crippen LogP contribution in [0, 0.1) is 0 Å². The van der Waals surface area contributed by atoms with Crippen LogP contribution >= 0.6 is 0 Å². The van der Waals surface area contributed by atoms with Crippen molar-refractivity contribution in [3.8, 4) is 11.5 Å². The molecule has 1 aromatic carbocycles. The predicted molar refractivity (Wildman–Crippen MR) is 107 cm³/mol. The minimum absolute atomic E-state index is 0.0543. The Morgan fingerprint density at radius 1 is 1.13 bits per heavy atom. The van der Waals surface area contributed by atoms with Crippen molar-refractivity contribution in [3.05, 3.63) is 48.3 Å². The van der Waals surface area contributed by atoms with Crippen molar-refractivity contribution in [1.82, 2.24) is 10.3 Å². The SMILES string of the molecule is COc1ccc(OC(F)(F)F)cc1NC(=O)NC1CCC(OCc2ccncc2)CC1. The fraction of sp³-hybridized carbons (Fsp3) is 0.429. The number of nitrogens with one attached hydrogen (secondary N) is 2. The van der Waals surface area contributed by atoms with Crippen molar-refractivity contribution in [2.75, 3.05) is 12.4 Å². The third-order valence-corrected chi connectivity index (χ3v) is 4.90. The van der Waals surface area contributed by atoms with E-state index in [-0.39, 0.29) is 23.6 Å². The van der Waals surface area contributed by atoms with Crippen LogP contribution in [0.3, 0.4) is 0 Å². The molecule has 0 radical (unpaired) electrons. The predicted octanol–water partition coefficient (Wildman–Crippen LogP) is 4.64. The lowest BCUT2D eigenvalue weighted by Crippen LogP contribution is -2.41. The molecule has 1 aliphatic carbocycles. The summed E-state index contributed by atoms with van der Waals surface area (Å²) in [7, 11) is 1.36. The molecular weight excluding hydrogens is 415 g/mol. The van der Waals surface area contributed by atoms with E-state index in [0.29, 0.717) is 6.61 Å². The maximum atomic E-state index is 12.4. The van der Waals surface area contributed by atoms with E-state index in [1.807, 2.05) is 12.1 Å². The van der Waals surface area contributed by atoms with Gasteiger partial charge in [0.05, 0.1) is 25.5 Å². The van der Waals surface area contributed by atoms with E-state index in [1.165, 1.54) is 13.2 Å². The van der Waals surface area contributed by atoms with Crippen LogP contribution in [0.5, 0.6) is 11.5 Å². The molecule has 10 heteroatoms. The molecule has 0 aliphatic heterocycles. The van der Waals surface area contributed by atoms with Gasteiger partial charge >= 0.3 is 12.4 Å². The molecule has 168 valence electrons. The van der Waals surface area contributed by atoms with Crippen molar-refractivity contribution in [2.45, 2.75) is 50.8 Å². The zero-order valence-corrected chi connectivity index (χ0v) is 16.9. The van der Waals surface area contributed by atoms with Crippen LogP contribution < -0.4 is 20.1 Å². The second kappa shape index (κ2) is 10.3. The molecule has 1 aliphatic rings. The maximum absolute atomic E-state index is 12.4. The van der Waals surface area contributed by atoms with E-state index in [1.54, 1.807) is 12.4 Å². The lowest BCUT2D eigenvalue weighted by atomic mass is 9.93. The number of rotatable bonds is 7. The molecule has 1 saturated carbocycles. The monoisotopic (exact) mass is 439 g/mol. The summed E-state index contributed by atoms with van der Waals surface area (Å²) in [4.78, 5) is 16.3. The third kappa shape index (κ3) is 7.32. The Morgan fingerprint density at radius 3 is 2.48 bits per heavy atom. The lowest BCUT2D eigenvalue weighted by molar-refractivity contribution is -0.274. The Morgan fingerprint density at radius 2 is 1.84 bits per heavy atom. The van der Waals surface area contributed by atoms with Gasteiger partial charge in [0.1, 0.15) is 11.5 Å². The molecule has 1 aromatic heterocycles. The highest BCUT2D eigenvalue weighted by Gasteiger charge is 2.31. The van der Waals surface area contributed by atoms with Crippen molar-refractivity contribution in [2.24, 2.45) is 0 Å². The maximum Gasteiger partial charge on any atom is 0.573 e. The average molecular weight is 439 g/mol. The summed E-state index contributed by atoms with van der Waals surface area (Å²) in [5.74, 6) is -0.228. The van der Waals surface area contributed by atoms with Gasteiger partial charge in [-0.05, 0) is 55.5 Å². The summed E-state index contributed by atoms with van der Waals surface area (Å²) >= 11 is 0. The summed E-state index contributed by atoms with van der Waals surface area (Å²) < 4.78 is 52.2. The summed E-state index contributed by atoms with van der Waals surface area (Å²) in [5, 5.41) is 5.38. The van der Waals surface area contributed by atoms with Gasteiger partial charge in [-0.1, -0.05) is 0 Å². The molecule has 31 heavy (non-hydrogen) atoms. The van der Waals surface area contributed by atoms with Crippen LogP contribution in [0.15, 0.2) is 42.7 Å². The first-order chi connectivity index (χ1) is 14.8. The lowest BCUT2D eigenvalue weighted by Gasteiger charge is -2.29. The smallest absolute Gasteiger partial charge is 0.495 e. The van der Waals surface area contributed by atoms with Gasteiger partial charge in [0.2, 0.25) is 0 Å². The van der Waals surface area contributed by atoms with Crippen molar-refractivity contribution in [1.29, 1.82) is 0 Å². The number of carbonyl (C=O) groups excluding carboxylic acids is 1. The van der Waals surface area contributed by atoms with Gasteiger partial charge in [0.15, 0.2) is 0 Å². The highest BCUT2D eigenvalue weighted by molar-refractivity contribution is 5.91. The number of alkyl halides is 3. The van der Waals surface area contributed by atoms with Gasteiger partial charge in [0, 0.05) is 24.5 Å². The first-order valence-corrected chi connectivity index (χ1v) is 9.84. The number of aromatic nitrogens is 1. The molecular formula is C21H24F3N3O4. The van der Waals surface area contributed by atoms with E-state index in [9.17, 15) is 18.0 Å². The Bertz CT molecular complexity index is 857. The Hall–Kier alpha value is -3.01. The number of nitrogens with zero attached hydrogens (tertiary/aromatic N) is 1. The molecule has 2 N–H and O–H groups in total. The Balaban J connectivity index is 1.47. The highest BCUT2D eigenvalue weighted by Crippen LogP contribution is 2.32. The number of hydrogen-bond acceptors (Lipinski definition) is 5. The fourth-order valence-electron chi connectivity index (χ4n) is 3.39. The number of ether oxygens (including phenoxy) is 3. The third-order valence-electron chi connectivity index (χ3n) is 4.90. The van der Waals surface area contributed by atoms with Gasteiger partial charge < -0.3 is 24.8 Å². The van der Waals surface area contributed by atoms with E-state index in [0.717, 1.165) is 43.4 Å². The van der Waals surface area contributed by atoms with Crippen LogP contribution in [0.4, 0.5) is 23.7 Å². The van der Waals surface area contributed by atoms with Crippen LogP contribution in [0.25, 0.3) is 0 Å². The van der Waals surface area contributed by atoms with E-state index < -0.39 is 18.1 Å². The summed E-state index contributed by atoms with van der Waals surface area (Å²) in [6.07, 6.45) is 1.81. The number of halogens is 3. The summed E-state index contributed by atoms with van der Waals surface area (Å²) in [6.45, 7) is 0.516. The number of pyridine rings is 1. The number of amides is 2. The first-order valence-electron chi connectivity index (χ1n) is 9.84. The second-order valence-electron chi connectivity index (χ2n) is 7.15. The topological polar surface area (TPSA) is 81.7 Å². The van der Waals surface area contributed by atoms with Crippen LogP contribution in [-0.4, -0.2) is 36.6 Å². The molecule has 0 saturated heterocycles. The molecule has 0 unspecified atom stereocenters. The van der Waals surface area contributed by atoms with E-state index >= 15 is 0 Å². The quantitative estimate of drug-likeness (QED) is 0.657. The standard InChI is InChI=1S/C21H24F3N3O4/c1-29-19-7-6-17(31-21(22,23)24)12-18(19)27-20(28)26-15-2-4-16(5-3-15)30-13-14-8-10-25-11-9-14/h6-12,15-16H,2-5,13H2,1H3,(H2,26,27,28). The van der Waals surface area contributed by atoms with Crippen LogP contribution in [0.2, 0.25) is 0 Å². The Labute approximate surface area is 177 Å². The minimum Gasteiger partial charge on any atom is -0.495 e. The number of hydrogen-bond donors (Lipinski definition) is 2. The van der Waals surface area contributed by atoms with Gasteiger partial charge in [-0.25, -0.2) is 4.79 Å². The summed E-state index contributed by atoms with van der Waals surface area (Å²) in [5.41, 5.74) is 1.14. The number of urea groups is 1. The van der Waals surface area contributed by atoms with E-state index in [2.05, 4.69) is 20.4 Å². The zero-order chi connectivity index (χ0) is 22.3. The molecule has 2 amide bonds. The van der Waals surface area contributed by atoms with Crippen LogP contribution in [0.1, 0.15) is 31.2 Å². The average Bonchev–Trinajstić information content (AvgIpc) is 2.73. The number of carbonyl (C=O) groups is 1. The van der Waals surface area contributed by atoms with Crippen molar-refractivity contribution in [3.63, 3.8) is 0 Å². The molecule has 3 rings (SSSR count). The van der Waals surface area contributed by atoms with Gasteiger partial charge in [-0.3, -0.25) is 4.98 Å². The fourth-order valence-corrected chi connectivity index (χ4v) is 3.39. The summed E-state index contributed by atoms with van der Waals surface area (Å²) in [6, 6.07) is 6.70. The first kappa shape index (κ1) is 22.7. The number of benzene rings is 1. The largest absolute Gasteiger partial charge is 0.573 e. The molecule has 1 fully saturated rings. The molecule has 7 nitrogen and oxygen atoms in total. The highest BCUT2D eigenvalue weighted by atomic mass is 19.4. The Kier molecular flexibility index (Phi) is 7.56. The molecule has 0 bridgehead atoms. The van der Waals surface area contributed by atoms with Crippen LogP contribution in [-0.2, 0) is 11.3 Å². The number of anilines is 1. The molecule has 2 aromatic rings. The zero-order valence-electron chi connectivity index (χ0n) is 16.9. The van der Waals surface area contributed by atoms with Gasteiger partial charge in [0.25, 0.3) is 0 Å². The normalized spacial score (nSPS) is 18.8. The van der Waals surface area contributed by atoms with E-state index in [4.69, 9.17) is 9.47 Å². The molecule has 0 spiro atoms. The number of methoxy groups -OCH3 is 1.